The predicted molar refractivity (Wildman–Crippen MR) is 63.7 cm³/mol. The molecular weight excluding hydrogens is 294 g/mol. The Balaban J connectivity index is 2.05. The number of amides is 1. The molecule has 86 valence electrons. The summed E-state index contributed by atoms with van der Waals surface area (Å²) in [4.78, 5) is 24.3. The topological polar surface area (TPSA) is 57.6 Å². The van der Waals surface area contributed by atoms with Crippen LogP contribution in [0.4, 0.5) is 0 Å². The molecule has 1 aliphatic rings. The van der Waals surface area contributed by atoms with Crippen LogP contribution in [0.25, 0.3) is 0 Å². The fraction of sp³-hybridized carbons (Fsp3) is 0.400. The van der Waals surface area contributed by atoms with E-state index in [0.717, 1.165) is 3.79 Å². The highest BCUT2D eigenvalue weighted by atomic mass is 79.9. The maximum absolute atomic E-state index is 11.9. The number of carbonyl (C=O) groups excluding carboxylic acids is 1. The number of hydrogen-bond donors (Lipinski definition) is 1. The summed E-state index contributed by atoms with van der Waals surface area (Å²) < 4.78 is 0.907. The average Bonchev–Trinajstić information content (AvgIpc) is 2.84. The molecule has 1 fully saturated rings. The zero-order chi connectivity index (χ0) is 11.7. The van der Waals surface area contributed by atoms with E-state index >= 15 is 0 Å². The van der Waals surface area contributed by atoms with Gasteiger partial charge < -0.3 is 10.0 Å². The van der Waals surface area contributed by atoms with Crippen molar-refractivity contribution in [2.75, 3.05) is 13.1 Å². The maximum Gasteiger partial charge on any atom is 0.308 e. The summed E-state index contributed by atoms with van der Waals surface area (Å²) in [5.41, 5.74) is 0.628. The van der Waals surface area contributed by atoms with E-state index < -0.39 is 11.9 Å². The van der Waals surface area contributed by atoms with Crippen LogP contribution >= 0.6 is 27.3 Å². The van der Waals surface area contributed by atoms with E-state index in [0.29, 0.717) is 25.1 Å². The van der Waals surface area contributed by atoms with Crippen LogP contribution in [-0.2, 0) is 4.79 Å². The molecule has 6 heteroatoms. The Morgan fingerprint density at radius 2 is 2.31 bits per heavy atom. The Kier molecular flexibility index (Phi) is 3.30. The zero-order valence-corrected chi connectivity index (χ0v) is 10.8. The summed E-state index contributed by atoms with van der Waals surface area (Å²) in [5.74, 6) is -1.31. The highest BCUT2D eigenvalue weighted by Gasteiger charge is 2.31. The van der Waals surface area contributed by atoms with Gasteiger partial charge in [0.1, 0.15) is 0 Å². The van der Waals surface area contributed by atoms with Crippen LogP contribution in [-0.4, -0.2) is 35.0 Å². The number of thiophene rings is 1. The van der Waals surface area contributed by atoms with E-state index in [1.807, 2.05) is 0 Å². The summed E-state index contributed by atoms with van der Waals surface area (Å²) in [7, 11) is 0. The van der Waals surface area contributed by atoms with Gasteiger partial charge in [-0.25, -0.2) is 0 Å². The normalized spacial score (nSPS) is 20.1. The molecule has 4 nitrogen and oxygen atoms in total. The third kappa shape index (κ3) is 2.27. The van der Waals surface area contributed by atoms with Gasteiger partial charge in [0, 0.05) is 18.5 Å². The van der Waals surface area contributed by atoms with Gasteiger partial charge in [-0.05, 0) is 28.4 Å². The molecule has 1 saturated heterocycles. The number of carboxylic acids is 1. The molecule has 1 N–H and O–H groups in total. The molecule has 0 radical (unpaired) electrons. The van der Waals surface area contributed by atoms with Crippen molar-refractivity contribution in [1.82, 2.24) is 4.90 Å². The van der Waals surface area contributed by atoms with Crippen molar-refractivity contribution < 1.29 is 14.7 Å². The summed E-state index contributed by atoms with van der Waals surface area (Å²) in [6.45, 7) is 0.852. The lowest BCUT2D eigenvalue weighted by Gasteiger charge is -2.14. The minimum absolute atomic E-state index is 0.0781. The van der Waals surface area contributed by atoms with Crippen molar-refractivity contribution in [3.8, 4) is 0 Å². The second kappa shape index (κ2) is 4.55. The van der Waals surface area contributed by atoms with Crippen LogP contribution in [0.15, 0.2) is 15.2 Å². The Morgan fingerprint density at radius 1 is 1.56 bits per heavy atom. The SMILES string of the molecule is O=C(O)C1CCN(C(=O)c2csc(Br)c2)C1. The van der Waals surface area contributed by atoms with E-state index in [4.69, 9.17) is 5.11 Å². The van der Waals surface area contributed by atoms with E-state index in [-0.39, 0.29) is 5.91 Å². The van der Waals surface area contributed by atoms with Crippen LogP contribution in [0.1, 0.15) is 16.8 Å². The van der Waals surface area contributed by atoms with Crippen molar-refractivity contribution in [2.24, 2.45) is 5.92 Å². The first-order valence-corrected chi connectivity index (χ1v) is 6.51. The molecule has 1 atom stereocenters. The van der Waals surface area contributed by atoms with Gasteiger partial charge >= 0.3 is 5.97 Å². The van der Waals surface area contributed by atoms with E-state index in [2.05, 4.69) is 15.9 Å². The summed E-state index contributed by atoms with van der Waals surface area (Å²) >= 11 is 4.75. The molecule has 1 aliphatic heterocycles. The lowest BCUT2D eigenvalue weighted by Crippen LogP contribution is -2.29. The maximum atomic E-state index is 11.9. The van der Waals surface area contributed by atoms with Gasteiger partial charge in [0.15, 0.2) is 0 Å². The Labute approximate surface area is 105 Å². The third-order valence-electron chi connectivity index (χ3n) is 2.64. The second-order valence-electron chi connectivity index (χ2n) is 3.71. The first-order valence-electron chi connectivity index (χ1n) is 4.84. The molecule has 1 unspecified atom stereocenters. The predicted octanol–water partition coefficient (Wildman–Crippen LogP) is 2.06. The Morgan fingerprint density at radius 3 is 2.81 bits per heavy atom. The van der Waals surface area contributed by atoms with Crippen molar-refractivity contribution in [1.29, 1.82) is 0 Å². The van der Waals surface area contributed by atoms with E-state index in [9.17, 15) is 9.59 Å². The van der Waals surface area contributed by atoms with E-state index in [1.54, 1.807) is 16.3 Å². The monoisotopic (exact) mass is 303 g/mol. The summed E-state index contributed by atoms with van der Waals surface area (Å²) in [6, 6.07) is 1.76. The highest BCUT2D eigenvalue weighted by Crippen LogP contribution is 2.24. The van der Waals surface area contributed by atoms with Crippen LogP contribution < -0.4 is 0 Å². The number of halogens is 1. The molecule has 0 aromatic carbocycles. The molecule has 2 heterocycles. The van der Waals surface area contributed by atoms with Crippen LogP contribution in [0.5, 0.6) is 0 Å². The Hall–Kier alpha value is -0.880. The van der Waals surface area contributed by atoms with Crippen LogP contribution in [0, 0.1) is 5.92 Å². The van der Waals surface area contributed by atoms with Crippen LogP contribution in [0.2, 0.25) is 0 Å². The smallest absolute Gasteiger partial charge is 0.308 e. The lowest BCUT2D eigenvalue weighted by molar-refractivity contribution is -0.141. The van der Waals surface area contributed by atoms with Gasteiger partial charge in [-0.15, -0.1) is 11.3 Å². The highest BCUT2D eigenvalue weighted by molar-refractivity contribution is 9.11. The number of rotatable bonds is 2. The van der Waals surface area contributed by atoms with Gasteiger partial charge in [-0.1, -0.05) is 0 Å². The molecule has 1 aromatic rings. The minimum Gasteiger partial charge on any atom is -0.481 e. The third-order valence-corrected chi connectivity index (χ3v) is 4.14. The standard InChI is InChI=1S/C10H10BrNO3S/c11-8-3-7(5-16-8)9(13)12-2-1-6(4-12)10(14)15/h3,5-6H,1-2,4H2,(H,14,15). The lowest BCUT2D eigenvalue weighted by atomic mass is 10.1. The summed E-state index contributed by atoms with van der Waals surface area (Å²) in [5, 5.41) is 10.6. The molecule has 16 heavy (non-hydrogen) atoms. The average molecular weight is 304 g/mol. The first kappa shape index (κ1) is 11.6. The molecule has 1 amide bonds. The number of aliphatic carboxylic acids is 1. The van der Waals surface area contributed by atoms with Crippen molar-refractivity contribution >= 4 is 39.1 Å². The van der Waals surface area contributed by atoms with Gasteiger partial charge in [0.25, 0.3) is 5.91 Å². The van der Waals surface area contributed by atoms with Gasteiger partial charge in [-0.2, -0.15) is 0 Å². The number of carbonyl (C=O) groups is 2. The molecular formula is C10H10BrNO3S. The quantitative estimate of drug-likeness (QED) is 0.910. The Bertz CT molecular complexity index is 431. The number of carboxylic acid groups (broad SMARTS) is 1. The number of likely N-dealkylation sites (tertiary alicyclic amines) is 1. The number of hydrogen-bond acceptors (Lipinski definition) is 3. The molecule has 0 aliphatic carbocycles. The van der Waals surface area contributed by atoms with Gasteiger partial charge in [-0.3, -0.25) is 9.59 Å². The molecule has 0 saturated carbocycles. The minimum atomic E-state index is -0.818. The zero-order valence-electron chi connectivity index (χ0n) is 8.35. The molecule has 2 rings (SSSR count). The van der Waals surface area contributed by atoms with Crippen molar-refractivity contribution in [3.05, 3.63) is 20.8 Å². The van der Waals surface area contributed by atoms with Crippen molar-refractivity contribution in [2.45, 2.75) is 6.42 Å². The molecule has 0 spiro atoms. The van der Waals surface area contributed by atoms with Gasteiger partial charge in [0.05, 0.1) is 15.3 Å². The van der Waals surface area contributed by atoms with E-state index in [1.165, 1.54) is 11.3 Å². The second-order valence-corrected chi connectivity index (χ2v) is 6.00. The molecule has 1 aromatic heterocycles. The fourth-order valence-electron chi connectivity index (χ4n) is 1.75. The van der Waals surface area contributed by atoms with Crippen molar-refractivity contribution in [3.63, 3.8) is 0 Å². The number of nitrogens with zero attached hydrogens (tertiary/aromatic N) is 1. The largest absolute Gasteiger partial charge is 0.481 e. The fourth-order valence-corrected chi connectivity index (χ4v) is 2.88. The molecule has 0 bridgehead atoms. The first-order chi connectivity index (χ1) is 7.58. The van der Waals surface area contributed by atoms with Gasteiger partial charge in [0.2, 0.25) is 0 Å². The van der Waals surface area contributed by atoms with Crippen LogP contribution in [0.3, 0.4) is 0 Å². The summed E-state index contributed by atoms with van der Waals surface area (Å²) in [6.07, 6.45) is 0.548.